The highest BCUT2D eigenvalue weighted by molar-refractivity contribution is 5.97. The lowest BCUT2D eigenvalue weighted by molar-refractivity contribution is -0.278. The van der Waals surface area contributed by atoms with Crippen LogP contribution in [0.1, 0.15) is 122 Å². The number of hydrogen-bond acceptors (Lipinski definition) is 23. The molecule has 1 aliphatic carbocycles. The number of alkyl carbamates (subject to hydrolysis) is 1. The molecule has 1 fully saturated rings. The summed E-state index contributed by atoms with van der Waals surface area (Å²) in [5.41, 5.74) is -0.651. The number of nitrogens with one attached hydrogen (secondary N) is 5. The number of nitrogens with zero attached hydrogens (tertiary/aromatic N) is 2. The number of fused-ring (bicyclic) bond motifs is 5. The third-order valence-electron chi connectivity index (χ3n) is 15.9. The number of methoxy groups -OCH3 is 1. The molecule has 5 heterocycles. The van der Waals surface area contributed by atoms with Gasteiger partial charge in [0.1, 0.15) is 57.4 Å². The Morgan fingerprint density at radius 1 is 0.924 bits per heavy atom. The standard InChI is InChI=1S/C62H72FN7O22/c1-8-10-11-12-13-35(9-2)86-28-47(75)64-18-19-65-56(78)37-20-34(14-17-45(37)91-59-52(77)53(89-32(5)72)54(90-33(6)73)55(92-59)58(80)84-7)25-88-61(82)66-23-46(74)67-29-85-27-48(76)68-42-16-15-36-30(3)41(63)22-43-49(36)50(42)38-24-70-44(51(38)69-43)21-40-39(57(70)79)26-87-60(81)62(40,83)31(4)71/h2,14,17,20-22,31,35,42,52-55,59,71,77,83H,8,10-13,15-16,18-19,23-29H2,1,3-7H3,(H,64,75)(H,65,78)(H,66,82)(H,67,74)(H,68,76)/t31-,35?,42+,52-,53-,54+,55+,59-,62+/m1/s1. The molecule has 29 nitrogen and oxygen atoms in total. The van der Waals surface area contributed by atoms with Crippen molar-refractivity contribution < 1.29 is 105 Å². The molecular weight excluding hydrogens is 1210 g/mol. The molecular formula is C62H72FN7O22. The lowest BCUT2D eigenvalue weighted by atomic mass is 9.81. The Hall–Kier alpha value is -9.12. The van der Waals surface area contributed by atoms with Crippen molar-refractivity contribution in [2.75, 3.05) is 46.7 Å². The quantitative estimate of drug-likeness (QED) is 0.0119. The summed E-state index contributed by atoms with van der Waals surface area (Å²) >= 11 is 0. The molecule has 8 rings (SSSR count). The van der Waals surface area contributed by atoms with Crippen LogP contribution < -0.4 is 36.9 Å². The second kappa shape index (κ2) is 30.3. The van der Waals surface area contributed by atoms with E-state index in [1.807, 2.05) is 0 Å². The molecule has 8 N–H and O–H groups in total. The second-order valence-corrected chi connectivity index (χ2v) is 22.2. The van der Waals surface area contributed by atoms with Crippen molar-refractivity contribution >= 4 is 64.5 Å². The zero-order chi connectivity index (χ0) is 66.7. The predicted octanol–water partition coefficient (Wildman–Crippen LogP) is 0.954. The molecule has 0 spiro atoms. The van der Waals surface area contributed by atoms with Gasteiger partial charge >= 0.3 is 30.0 Å². The summed E-state index contributed by atoms with van der Waals surface area (Å²) < 4.78 is 65.3. The van der Waals surface area contributed by atoms with Crippen LogP contribution in [0.25, 0.3) is 22.3 Å². The number of aromatic nitrogens is 2. The summed E-state index contributed by atoms with van der Waals surface area (Å²) in [6, 6.07) is 5.75. The Morgan fingerprint density at radius 3 is 2.37 bits per heavy atom. The van der Waals surface area contributed by atoms with Gasteiger partial charge in [-0.15, -0.1) is 6.42 Å². The Balaban J connectivity index is 0.871. The van der Waals surface area contributed by atoms with Crippen LogP contribution in [0.5, 0.6) is 5.75 Å². The van der Waals surface area contributed by atoms with Gasteiger partial charge in [0.05, 0.1) is 53.8 Å². The number of terminal acetylenes is 1. The van der Waals surface area contributed by atoms with Gasteiger partial charge in [0.2, 0.25) is 29.6 Å². The van der Waals surface area contributed by atoms with Gasteiger partial charge in [0.25, 0.3) is 11.5 Å². The first kappa shape index (κ1) is 68.8. The lowest BCUT2D eigenvalue weighted by Gasteiger charge is -2.41. The Bertz CT molecular complexity index is 3640. The van der Waals surface area contributed by atoms with Gasteiger partial charge < -0.3 is 89.1 Å². The van der Waals surface area contributed by atoms with Crippen LogP contribution in [0, 0.1) is 25.1 Å². The number of cyclic esters (lactones) is 1. The fraction of sp³-hybridized carbons (Fsp3) is 0.500. The minimum absolute atomic E-state index is 0.0432. The number of aliphatic hydroxyl groups excluding tert-OH is 2. The molecule has 1 unspecified atom stereocenters. The molecule has 0 bridgehead atoms. The highest BCUT2D eigenvalue weighted by atomic mass is 19.1. The molecule has 3 aliphatic heterocycles. The average molecular weight is 1290 g/mol. The van der Waals surface area contributed by atoms with Crippen molar-refractivity contribution in [2.45, 2.75) is 154 Å². The van der Waals surface area contributed by atoms with E-state index < -0.39 is 153 Å². The van der Waals surface area contributed by atoms with E-state index in [9.17, 15) is 63.3 Å². The number of carbonyl (C=O) groups excluding carboxylic acids is 9. The molecule has 494 valence electrons. The Kier molecular flexibility index (Phi) is 22.7. The SMILES string of the molecule is C#CC(CCCCCC)OCC(=O)NCCNC(=O)c1cc(COC(=O)NCC(=O)NCOCC(=O)N[C@H]2CCc3c(C)c(F)cc4nc5c(c2c34)Cn2c-5cc3c(c2=O)COC(=O)[C@]3(O)[C@@H](C)O)ccc1O[C@@H]1O[C@H](C(=O)OC)[C@@H](OC(C)=O)[C@H](OC(C)=O)[C@H]1O. The smallest absolute Gasteiger partial charge is 0.407 e. The first-order valence-electron chi connectivity index (χ1n) is 29.6. The van der Waals surface area contributed by atoms with Crippen molar-refractivity contribution in [1.29, 1.82) is 0 Å². The summed E-state index contributed by atoms with van der Waals surface area (Å²) in [6.07, 6.45) is -1.77. The number of hydrogen-bond donors (Lipinski definition) is 8. The number of carbonyl (C=O) groups is 9. The monoisotopic (exact) mass is 1290 g/mol. The maximum absolute atomic E-state index is 15.4. The van der Waals surface area contributed by atoms with Crippen LogP contribution in [0.15, 0.2) is 35.1 Å². The van der Waals surface area contributed by atoms with Crippen molar-refractivity contribution in [1.82, 2.24) is 36.1 Å². The number of benzene rings is 2. The molecule has 5 amide bonds. The van der Waals surface area contributed by atoms with E-state index in [-0.39, 0.29) is 71.1 Å². The Labute approximate surface area is 525 Å². The fourth-order valence-electron chi connectivity index (χ4n) is 11.3. The van der Waals surface area contributed by atoms with Crippen LogP contribution in [0.3, 0.4) is 0 Å². The zero-order valence-corrected chi connectivity index (χ0v) is 51.3. The number of aliphatic hydroxyl groups is 3. The molecule has 1 saturated heterocycles. The minimum Gasteiger partial charge on any atom is -0.467 e. The topological polar surface area (TPSA) is 392 Å². The third-order valence-corrected chi connectivity index (χ3v) is 15.9. The molecule has 0 radical (unpaired) electrons. The van der Waals surface area contributed by atoms with E-state index in [2.05, 4.69) is 39.4 Å². The highest BCUT2D eigenvalue weighted by Crippen LogP contribution is 2.46. The van der Waals surface area contributed by atoms with Crippen LogP contribution in [0.2, 0.25) is 0 Å². The highest BCUT2D eigenvalue weighted by Gasteiger charge is 2.54. The summed E-state index contributed by atoms with van der Waals surface area (Å²) in [5.74, 6) is -5.14. The maximum Gasteiger partial charge on any atom is 0.407 e. The molecule has 4 aromatic rings. The number of pyridine rings is 2. The van der Waals surface area contributed by atoms with E-state index in [4.69, 9.17) is 54.0 Å². The summed E-state index contributed by atoms with van der Waals surface area (Å²) in [4.78, 5) is 135. The Morgan fingerprint density at radius 2 is 1.66 bits per heavy atom. The van der Waals surface area contributed by atoms with Gasteiger partial charge in [-0.25, -0.2) is 23.8 Å². The van der Waals surface area contributed by atoms with Gasteiger partial charge in [0, 0.05) is 49.5 Å². The third kappa shape index (κ3) is 15.4. The van der Waals surface area contributed by atoms with Gasteiger partial charge in [-0.3, -0.25) is 33.6 Å². The van der Waals surface area contributed by atoms with Gasteiger partial charge in [-0.2, -0.15) is 0 Å². The number of esters is 4. The number of unbranched alkanes of at least 4 members (excludes halogenated alkanes) is 3. The van der Waals surface area contributed by atoms with Crippen molar-refractivity contribution in [3.05, 3.63) is 91.0 Å². The minimum atomic E-state index is -2.56. The summed E-state index contributed by atoms with van der Waals surface area (Å²) in [6.45, 7) is 3.62. The van der Waals surface area contributed by atoms with E-state index in [1.54, 1.807) is 6.92 Å². The average Bonchev–Trinajstić information content (AvgIpc) is 1.47. The fourth-order valence-corrected chi connectivity index (χ4v) is 11.3. The first-order valence-corrected chi connectivity index (χ1v) is 29.6. The van der Waals surface area contributed by atoms with Crippen LogP contribution >= 0.6 is 0 Å². The van der Waals surface area contributed by atoms with E-state index in [1.165, 1.54) is 41.8 Å². The van der Waals surface area contributed by atoms with Crippen molar-refractivity contribution in [2.24, 2.45) is 0 Å². The van der Waals surface area contributed by atoms with Gasteiger partial charge in [0.15, 0.2) is 24.4 Å². The van der Waals surface area contributed by atoms with E-state index >= 15 is 4.39 Å². The molecule has 0 saturated carbocycles. The van der Waals surface area contributed by atoms with Crippen LogP contribution in [-0.4, -0.2) is 168 Å². The summed E-state index contributed by atoms with van der Waals surface area (Å²) in [7, 11) is 1.00. The molecule has 2 aromatic heterocycles. The van der Waals surface area contributed by atoms with E-state index in [0.29, 0.717) is 46.9 Å². The molecule has 30 heteroatoms. The predicted molar refractivity (Wildman–Crippen MR) is 315 cm³/mol. The number of aryl methyl sites for hydroxylation is 1. The van der Waals surface area contributed by atoms with E-state index in [0.717, 1.165) is 46.6 Å². The molecule has 9 atom stereocenters. The number of halogens is 1. The van der Waals surface area contributed by atoms with Crippen molar-refractivity contribution in [3.63, 3.8) is 0 Å². The molecule has 4 aliphatic rings. The molecule has 2 aromatic carbocycles. The number of rotatable bonds is 27. The van der Waals surface area contributed by atoms with Crippen LogP contribution in [-0.2, 0) is 103 Å². The van der Waals surface area contributed by atoms with Crippen LogP contribution in [0.4, 0.5) is 9.18 Å². The summed E-state index contributed by atoms with van der Waals surface area (Å²) in [5, 5.41) is 46.8. The normalized spacial score (nSPS) is 20.7. The zero-order valence-electron chi connectivity index (χ0n) is 51.3. The van der Waals surface area contributed by atoms with Gasteiger partial charge in [-0.05, 0) is 80.0 Å². The largest absolute Gasteiger partial charge is 0.467 e. The maximum atomic E-state index is 15.4. The number of amides is 5. The second-order valence-electron chi connectivity index (χ2n) is 22.2. The molecule has 92 heavy (non-hydrogen) atoms. The number of ether oxygens (including phenoxy) is 9. The first-order chi connectivity index (χ1) is 43.9. The van der Waals surface area contributed by atoms with Crippen molar-refractivity contribution in [3.8, 4) is 29.5 Å². The lowest BCUT2D eigenvalue weighted by Crippen LogP contribution is -2.63. The van der Waals surface area contributed by atoms with Gasteiger partial charge in [-0.1, -0.05) is 38.2 Å².